The maximum atomic E-state index is 11.1. The molecule has 1 aliphatic carbocycles. The van der Waals surface area contributed by atoms with E-state index in [1.54, 1.807) is 13.0 Å². The molecule has 16 heavy (non-hydrogen) atoms. The van der Waals surface area contributed by atoms with Gasteiger partial charge in [-0.3, -0.25) is 10.1 Å². The van der Waals surface area contributed by atoms with Crippen molar-refractivity contribution in [2.45, 2.75) is 32.7 Å². The highest BCUT2D eigenvalue weighted by Gasteiger charge is 2.58. The summed E-state index contributed by atoms with van der Waals surface area (Å²) in [4.78, 5) is 10.8. The Morgan fingerprint density at radius 1 is 1.44 bits per heavy atom. The van der Waals surface area contributed by atoms with Crippen LogP contribution in [0.4, 0.5) is 5.69 Å². The van der Waals surface area contributed by atoms with Crippen LogP contribution in [-0.2, 0) is 0 Å². The normalized spacial score (nSPS) is 26.5. The minimum absolute atomic E-state index is 0.0213. The molecule has 0 radical (unpaired) electrons. The van der Waals surface area contributed by atoms with Crippen LogP contribution in [-0.4, -0.2) is 11.0 Å². The van der Waals surface area contributed by atoms with Gasteiger partial charge in [0.05, 0.1) is 4.92 Å². The Kier molecular flexibility index (Phi) is 2.27. The lowest BCUT2D eigenvalue weighted by molar-refractivity contribution is -0.386. The minimum Gasteiger partial charge on any atom is -0.327 e. The molecule has 0 heterocycles. The zero-order valence-corrected chi connectivity index (χ0v) is 9.73. The molecule has 0 spiro atoms. The monoisotopic (exact) mass is 220 g/mol. The van der Waals surface area contributed by atoms with E-state index < -0.39 is 0 Å². The lowest BCUT2D eigenvalue weighted by Gasteiger charge is -2.06. The molecule has 1 aromatic rings. The number of hydrogen-bond acceptors (Lipinski definition) is 3. The first-order valence-corrected chi connectivity index (χ1v) is 5.37. The average Bonchev–Trinajstić information content (AvgIpc) is 2.64. The van der Waals surface area contributed by atoms with E-state index >= 15 is 0 Å². The van der Waals surface area contributed by atoms with Gasteiger partial charge in [0.25, 0.3) is 5.69 Å². The highest BCUT2D eigenvalue weighted by molar-refractivity contribution is 5.53. The third-order valence-electron chi connectivity index (χ3n) is 3.70. The maximum Gasteiger partial charge on any atom is 0.275 e. The molecule has 1 aliphatic rings. The summed E-state index contributed by atoms with van der Waals surface area (Å²) in [5, 5.41) is 11.1. The summed E-state index contributed by atoms with van der Waals surface area (Å²) in [5.74, 6) is 0.104. The summed E-state index contributed by atoms with van der Waals surface area (Å²) in [6.07, 6.45) is 0. The molecule has 1 saturated carbocycles. The Balaban J connectivity index is 2.51. The summed E-state index contributed by atoms with van der Waals surface area (Å²) < 4.78 is 0. The van der Waals surface area contributed by atoms with Crippen LogP contribution in [0.1, 0.15) is 30.9 Å². The van der Waals surface area contributed by atoms with Crippen molar-refractivity contribution in [2.24, 2.45) is 11.1 Å². The van der Waals surface area contributed by atoms with Gasteiger partial charge in [0.15, 0.2) is 0 Å². The molecular weight excluding hydrogens is 204 g/mol. The van der Waals surface area contributed by atoms with Gasteiger partial charge >= 0.3 is 0 Å². The molecule has 4 heteroatoms. The number of nitrogens with zero attached hydrogens (tertiary/aromatic N) is 1. The largest absolute Gasteiger partial charge is 0.327 e. The second kappa shape index (κ2) is 3.28. The van der Waals surface area contributed by atoms with Gasteiger partial charge in [-0.15, -0.1) is 0 Å². The zero-order chi connectivity index (χ0) is 12.1. The van der Waals surface area contributed by atoms with E-state index in [1.807, 2.05) is 26.0 Å². The molecule has 1 aromatic carbocycles. The van der Waals surface area contributed by atoms with Crippen LogP contribution in [0.3, 0.4) is 0 Å². The molecule has 0 unspecified atom stereocenters. The van der Waals surface area contributed by atoms with Gasteiger partial charge in [0, 0.05) is 23.1 Å². The molecule has 0 aromatic heterocycles. The molecular formula is C12H16N2O2. The summed E-state index contributed by atoms with van der Waals surface area (Å²) in [5.41, 5.74) is 7.66. The predicted molar refractivity (Wildman–Crippen MR) is 62.3 cm³/mol. The second-order valence-corrected chi connectivity index (χ2v) is 5.09. The molecule has 0 amide bonds. The number of nitro groups is 1. The Labute approximate surface area is 94.6 Å². The number of nitro benzene ring substituents is 1. The first kappa shape index (κ1) is 11.1. The van der Waals surface area contributed by atoms with Gasteiger partial charge < -0.3 is 5.73 Å². The van der Waals surface area contributed by atoms with Crippen molar-refractivity contribution in [1.82, 2.24) is 0 Å². The molecule has 1 fully saturated rings. The first-order chi connectivity index (χ1) is 7.37. The molecule has 2 atom stereocenters. The van der Waals surface area contributed by atoms with Crippen molar-refractivity contribution in [2.75, 3.05) is 0 Å². The maximum absolute atomic E-state index is 11.1. The Hall–Kier alpha value is -1.42. The molecule has 0 bridgehead atoms. The van der Waals surface area contributed by atoms with Gasteiger partial charge in [-0.1, -0.05) is 32.0 Å². The Morgan fingerprint density at radius 2 is 2.00 bits per heavy atom. The number of hydrogen-bond donors (Lipinski definition) is 1. The number of rotatable bonds is 2. The van der Waals surface area contributed by atoms with Crippen molar-refractivity contribution in [1.29, 1.82) is 0 Å². The van der Waals surface area contributed by atoms with Crippen LogP contribution < -0.4 is 5.73 Å². The van der Waals surface area contributed by atoms with E-state index in [4.69, 9.17) is 5.73 Å². The van der Waals surface area contributed by atoms with Crippen molar-refractivity contribution in [3.05, 3.63) is 39.4 Å². The van der Waals surface area contributed by atoms with Gasteiger partial charge in [-0.2, -0.15) is 0 Å². The summed E-state index contributed by atoms with van der Waals surface area (Å²) in [6, 6.07) is 5.47. The smallest absolute Gasteiger partial charge is 0.275 e. The molecule has 86 valence electrons. The van der Waals surface area contributed by atoms with Crippen molar-refractivity contribution in [3.63, 3.8) is 0 Å². The molecule has 2 N–H and O–H groups in total. The molecule has 4 nitrogen and oxygen atoms in total. The van der Waals surface area contributed by atoms with Crippen LogP contribution in [0.15, 0.2) is 18.2 Å². The lowest BCUT2D eigenvalue weighted by atomic mass is 9.99. The Morgan fingerprint density at radius 3 is 2.44 bits per heavy atom. The van der Waals surface area contributed by atoms with E-state index in [2.05, 4.69) is 0 Å². The van der Waals surface area contributed by atoms with Crippen LogP contribution in [0.2, 0.25) is 0 Å². The third-order valence-corrected chi connectivity index (χ3v) is 3.70. The predicted octanol–water partition coefficient (Wildman–Crippen LogP) is 2.35. The lowest BCUT2D eigenvalue weighted by Crippen LogP contribution is -2.06. The number of aryl methyl sites for hydroxylation is 1. The second-order valence-electron chi connectivity index (χ2n) is 5.09. The highest BCUT2D eigenvalue weighted by Crippen LogP contribution is 2.59. The SMILES string of the molecule is Cc1cccc([C@@H]2[C@@H](N)C2(C)C)c1[N+](=O)[O-]. The van der Waals surface area contributed by atoms with E-state index in [-0.39, 0.29) is 28.0 Å². The summed E-state index contributed by atoms with van der Waals surface area (Å²) in [7, 11) is 0. The summed E-state index contributed by atoms with van der Waals surface area (Å²) in [6.45, 7) is 5.87. The molecule has 0 saturated heterocycles. The number of benzene rings is 1. The van der Waals surface area contributed by atoms with Crippen LogP contribution in [0.25, 0.3) is 0 Å². The van der Waals surface area contributed by atoms with E-state index in [1.165, 1.54) is 0 Å². The number of para-hydroxylation sites is 1. The quantitative estimate of drug-likeness (QED) is 0.614. The topological polar surface area (TPSA) is 69.2 Å². The zero-order valence-electron chi connectivity index (χ0n) is 9.73. The van der Waals surface area contributed by atoms with Crippen LogP contribution in [0.5, 0.6) is 0 Å². The van der Waals surface area contributed by atoms with E-state index in [0.717, 1.165) is 5.56 Å². The van der Waals surface area contributed by atoms with Gasteiger partial charge in [0.2, 0.25) is 0 Å². The fourth-order valence-electron chi connectivity index (χ4n) is 2.45. The van der Waals surface area contributed by atoms with Gasteiger partial charge in [-0.05, 0) is 12.3 Å². The average molecular weight is 220 g/mol. The van der Waals surface area contributed by atoms with Crippen molar-refractivity contribution < 1.29 is 4.92 Å². The van der Waals surface area contributed by atoms with Gasteiger partial charge in [0.1, 0.15) is 0 Å². The van der Waals surface area contributed by atoms with Crippen LogP contribution in [0, 0.1) is 22.5 Å². The van der Waals surface area contributed by atoms with Gasteiger partial charge in [-0.25, -0.2) is 0 Å². The van der Waals surface area contributed by atoms with E-state index in [0.29, 0.717) is 5.56 Å². The van der Waals surface area contributed by atoms with E-state index in [9.17, 15) is 10.1 Å². The fourth-order valence-corrected chi connectivity index (χ4v) is 2.45. The minimum atomic E-state index is -0.300. The standard InChI is InChI=1S/C12H16N2O2/c1-7-5-4-6-8(10(7)14(15)16)9-11(13)12(9,2)3/h4-6,9,11H,13H2,1-3H3/t9-,11-/m1/s1. The third kappa shape index (κ3) is 1.41. The molecule has 0 aliphatic heterocycles. The highest BCUT2D eigenvalue weighted by atomic mass is 16.6. The Bertz CT molecular complexity index is 454. The van der Waals surface area contributed by atoms with Crippen LogP contribution >= 0.6 is 0 Å². The fraction of sp³-hybridized carbons (Fsp3) is 0.500. The number of nitrogens with two attached hydrogens (primary N) is 1. The summed E-state index contributed by atoms with van der Waals surface area (Å²) >= 11 is 0. The first-order valence-electron chi connectivity index (χ1n) is 5.37. The van der Waals surface area contributed by atoms with Crippen molar-refractivity contribution >= 4 is 5.69 Å². The molecule has 2 rings (SSSR count). The van der Waals surface area contributed by atoms with Crippen molar-refractivity contribution in [3.8, 4) is 0 Å².